The number of benzene rings is 1. The maximum atomic E-state index is 11.0. The van der Waals surface area contributed by atoms with Gasteiger partial charge in [-0.05, 0) is 17.0 Å². The van der Waals surface area contributed by atoms with Gasteiger partial charge in [-0.25, -0.2) is 0 Å². The molecular weight excluding hydrogens is 228 g/mol. The van der Waals surface area contributed by atoms with E-state index in [2.05, 4.69) is 24.5 Å². The van der Waals surface area contributed by atoms with E-state index in [1.165, 1.54) is 5.56 Å². The van der Waals surface area contributed by atoms with Crippen molar-refractivity contribution in [3.63, 3.8) is 0 Å². The predicted molar refractivity (Wildman–Crippen MR) is 72.4 cm³/mol. The molecule has 0 saturated heterocycles. The van der Waals surface area contributed by atoms with Gasteiger partial charge in [0, 0.05) is 13.6 Å². The van der Waals surface area contributed by atoms with Crippen molar-refractivity contribution in [1.29, 1.82) is 0 Å². The van der Waals surface area contributed by atoms with Gasteiger partial charge in [0.05, 0.1) is 12.6 Å². The number of hydrogen-bond acceptors (Lipinski definition) is 3. The third-order valence-corrected chi connectivity index (χ3v) is 2.89. The van der Waals surface area contributed by atoms with Gasteiger partial charge in [-0.1, -0.05) is 38.1 Å². The lowest BCUT2D eigenvalue weighted by molar-refractivity contribution is -0.119. The molecule has 3 N–H and O–H groups in total. The predicted octanol–water partition coefficient (Wildman–Crippen LogP) is 1.18. The molecule has 1 amide bonds. The molecule has 0 aliphatic rings. The molecule has 0 bridgehead atoms. The van der Waals surface area contributed by atoms with E-state index in [9.17, 15) is 9.90 Å². The van der Waals surface area contributed by atoms with Crippen LogP contribution in [0.15, 0.2) is 24.3 Å². The molecule has 0 aliphatic heterocycles. The van der Waals surface area contributed by atoms with Crippen LogP contribution in [0.5, 0.6) is 0 Å². The Labute approximate surface area is 108 Å². The molecule has 0 aromatic heterocycles. The average Bonchev–Trinajstić information content (AvgIpc) is 2.38. The molecule has 1 atom stereocenters. The lowest BCUT2D eigenvalue weighted by Gasteiger charge is -2.13. The largest absolute Gasteiger partial charge is 0.387 e. The summed E-state index contributed by atoms with van der Waals surface area (Å²) in [6.45, 7) is 4.86. The molecule has 0 spiro atoms. The van der Waals surface area contributed by atoms with Crippen LogP contribution < -0.4 is 10.6 Å². The zero-order chi connectivity index (χ0) is 13.5. The van der Waals surface area contributed by atoms with E-state index in [4.69, 9.17) is 0 Å². The monoisotopic (exact) mass is 250 g/mol. The fraction of sp³-hybridized carbons (Fsp3) is 0.500. The highest BCUT2D eigenvalue weighted by Gasteiger charge is 2.08. The number of rotatable bonds is 6. The molecule has 1 rings (SSSR count). The summed E-state index contributed by atoms with van der Waals surface area (Å²) in [5.74, 6) is 0.403. The molecule has 100 valence electrons. The maximum absolute atomic E-state index is 11.0. The Bertz CT molecular complexity index is 374. The number of carbonyl (C=O) groups is 1. The average molecular weight is 250 g/mol. The molecule has 1 aromatic rings. The molecule has 4 nitrogen and oxygen atoms in total. The Morgan fingerprint density at radius 1 is 1.22 bits per heavy atom. The van der Waals surface area contributed by atoms with Gasteiger partial charge in [-0.15, -0.1) is 0 Å². The van der Waals surface area contributed by atoms with Crippen molar-refractivity contribution in [2.24, 2.45) is 0 Å². The molecule has 0 radical (unpaired) electrons. The number of aliphatic hydroxyl groups is 1. The second kappa shape index (κ2) is 7.13. The highest BCUT2D eigenvalue weighted by molar-refractivity contribution is 5.77. The van der Waals surface area contributed by atoms with Crippen molar-refractivity contribution in [2.45, 2.75) is 25.9 Å². The van der Waals surface area contributed by atoms with Crippen LogP contribution in [0.4, 0.5) is 0 Å². The number of likely N-dealkylation sites (N-methyl/N-ethyl adjacent to an activating group) is 1. The molecule has 0 aliphatic carbocycles. The van der Waals surface area contributed by atoms with Crippen LogP contribution >= 0.6 is 0 Å². The van der Waals surface area contributed by atoms with Crippen molar-refractivity contribution < 1.29 is 9.90 Å². The van der Waals surface area contributed by atoms with Crippen molar-refractivity contribution in [3.05, 3.63) is 35.4 Å². The number of nitrogens with one attached hydrogen (secondary N) is 2. The summed E-state index contributed by atoms with van der Waals surface area (Å²) >= 11 is 0. The first-order chi connectivity index (χ1) is 8.54. The lowest BCUT2D eigenvalue weighted by atomic mass is 10.00. The van der Waals surface area contributed by atoms with Gasteiger partial charge in [-0.3, -0.25) is 4.79 Å². The summed E-state index contributed by atoms with van der Waals surface area (Å²) in [5, 5.41) is 15.4. The van der Waals surface area contributed by atoms with E-state index in [0.29, 0.717) is 12.5 Å². The highest BCUT2D eigenvalue weighted by atomic mass is 16.3. The van der Waals surface area contributed by atoms with Crippen molar-refractivity contribution in [3.8, 4) is 0 Å². The molecular formula is C14H22N2O2. The van der Waals surface area contributed by atoms with E-state index >= 15 is 0 Å². The number of carbonyl (C=O) groups excluding carboxylic acids is 1. The smallest absolute Gasteiger partial charge is 0.233 e. The minimum atomic E-state index is -0.587. The van der Waals surface area contributed by atoms with Gasteiger partial charge >= 0.3 is 0 Å². The SMILES string of the molecule is CNC(=O)CNCC(O)c1ccc(C(C)C)cc1. The van der Waals surface area contributed by atoms with Gasteiger partial charge < -0.3 is 15.7 Å². The normalized spacial score (nSPS) is 12.5. The van der Waals surface area contributed by atoms with Crippen LogP contribution in [0.2, 0.25) is 0 Å². The number of amides is 1. The Morgan fingerprint density at radius 2 is 1.78 bits per heavy atom. The summed E-state index contributed by atoms with van der Waals surface area (Å²) in [4.78, 5) is 11.0. The Hall–Kier alpha value is -1.39. The standard InChI is InChI=1S/C14H22N2O2/c1-10(2)11-4-6-12(7-5-11)13(17)8-16-9-14(18)15-3/h4-7,10,13,16-17H,8-9H2,1-3H3,(H,15,18). The Kier molecular flexibility index (Phi) is 5.82. The molecule has 18 heavy (non-hydrogen) atoms. The first-order valence-electron chi connectivity index (χ1n) is 6.23. The van der Waals surface area contributed by atoms with Gasteiger partial charge in [0.2, 0.25) is 5.91 Å². The maximum Gasteiger partial charge on any atom is 0.233 e. The van der Waals surface area contributed by atoms with E-state index in [0.717, 1.165) is 5.56 Å². The molecule has 0 saturated carbocycles. The summed E-state index contributed by atoms with van der Waals surface area (Å²) in [6, 6.07) is 7.92. The molecule has 1 unspecified atom stereocenters. The third kappa shape index (κ3) is 4.47. The van der Waals surface area contributed by atoms with Crippen molar-refractivity contribution in [1.82, 2.24) is 10.6 Å². The Balaban J connectivity index is 2.46. The molecule has 0 fully saturated rings. The van der Waals surface area contributed by atoms with Crippen LogP contribution in [-0.2, 0) is 4.79 Å². The third-order valence-electron chi connectivity index (χ3n) is 2.89. The van der Waals surface area contributed by atoms with E-state index < -0.39 is 6.10 Å². The summed E-state index contributed by atoms with van der Waals surface area (Å²) in [5.41, 5.74) is 2.12. The first kappa shape index (κ1) is 14.7. The van der Waals surface area contributed by atoms with Gasteiger partial charge in [0.25, 0.3) is 0 Å². The van der Waals surface area contributed by atoms with E-state index in [1.807, 2.05) is 24.3 Å². The molecule has 1 aromatic carbocycles. The van der Waals surface area contributed by atoms with Crippen molar-refractivity contribution in [2.75, 3.05) is 20.1 Å². The minimum absolute atomic E-state index is 0.0858. The summed E-state index contributed by atoms with van der Waals surface area (Å²) in [7, 11) is 1.59. The minimum Gasteiger partial charge on any atom is -0.387 e. The van der Waals surface area contributed by atoms with Crippen molar-refractivity contribution >= 4 is 5.91 Å². The quantitative estimate of drug-likeness (QED) is 0.710. The Morgan fingerprint density at radius 3 is 2.28 bits per heavy atom. The first-order valence-corrected chi connectivity index (χ1v) is 6.23. The zero-order valence-corrected chi connectivity index (χ0v) is 11.2. The lowest BCUT2D eigenvalue weighted by Crippen LogP contribution is -2.33. The van der Waals surface area contributed by atoms with E-state index in [-0.39, 0.29) is 12.5 Å². The number of aliphatic hydroxyl groups excluding tert-OH is 1. The van der Waals surface area contributed by atoms with Crippen LogP contribution in [0.1, 0.15) is 37.0 Å². The molecule has 0 heterocycles. The zero-order valence-electron chi connectivity index (χ0n) is 11.2. The highest BCUT2D eigenvalue weighted by Crippen LogP contribution is 2.18. The van der Waals surface area contributed by atoms with Crippen LogP contribution in [0.25, 0.3) is 0 Å². The van der Waals surface area contributed by atoms with Gasteiger partial charge in [0.15, 0.2) is 0 Å². The second-order valence-electron chi connectivity index (χ2n) is 4.64. The fourth-order valence-corrected chi connectivity index (χ4v) is 1.63. The van der Waals surface area contributed by atoms with E-state index in [1.54, 1.807) is 7.05 Å². The van der Waals surface area contributed by atoms with Crippen LogP contribution in [-0.4, -0.2) is 31.2 Å². The van der Waals surface area contributed by atoms with Crippen LogP contribution in [0.3, 0.4) is 0 Å². The second-order valence-corrected chi connectivity index (χ2v) is 4.64. The van der Waals surface area contributed by atoms with Crippen LogP contribution in [0, 0.1) is 0 Å². The van der Waals surface area contributed by atoms with Gasteiger partial charge in [-0.2, -0.15) is 0 Å². The summed E-state index contributed by atoms with van der Waals surface area (Å²) < 4.78 is 0. The topological polar surface area (TPSA) is 61.4 Å². The number of hydrogen-bond donors (Lipinski definition) is 3. The molecule has 4 heteroatoms. The fourth-order valence-electron chi connectivity index (χ4n) is 1.63. The van der Waals surface area contributed by atoms with Gasteiger partial charge in [0.1, 0.15) is 0 Å². The summed E-state index contributed by atoms with van der Waals surface area (Å²) in [6.07, 6.45) is -0.587.